The van der Waals surface area contributed by atoms with Crippen LogP contribution in [0, 0.1) is 0 Å². The highest BCUT2D eigenvalue weighted by Gasteiger charge is 2.31. The maximum Gasteiger partial charge on any atom is 0.246 e. The number of nitrogens with one attached hydrogen (secondary N) is 2. The van der Waals surface area contributed by atoms with Crippen LogP contribution >= 0.6 is 11.8 Å². The van der Waals surface area contributed by atoms with Crippen LogP contribution in [0.1, 0.15) is 26.2 Å². The van der Waals surface area contributed by atoms with E-state index in [4.69, 9.17) is 0 Å². The first-order valence-corrected chi connectivity index (χ1v) is 8.89. The van der Waals surface area contributed by atoms with Crippen LogP contribution in [0.3, 0.4) is 0 Å². The quantitative estimate of drug-likeness (QED) is 0.860. The second-order valence-corrected chi connectivity index (χ2v) is 7.72. The molecule has 0 aliphatic heterocycles. The monoisotopic (exact) mass is 302 g/mol. The molecule has 1 aliphatic carbocycles. The van der Waals surface area contributed by atoms with Crippen molar-refractivity contribution < 1.29 is 8.42 Å². The number of thioether (sulfide) groups is 1. The Morgan fingerprint density at radius 1 is 1.47 bits per heavy atom. The number of sulfonamides is 1. The van der Waals surface area contributed by atoms with Crippen molar-refractivity contribution in [3.05, 3.63) is 28.7 Å². The van der Waals surface area contributed by atoms with Crippen molar-refractivity contribution >= 4 is 21.8 Å². The fourth-order valence-corrected chi connectivity index (χ4v) is 5.00. The van der Waals surface area contributed by atoms with E-state index in [1.54, 1.807) is 11.8 Å². The zero-order valence-corrected chi connectivity index (χ0v) is 12.4. The van der Waals surface area contributed by atoms with Crippen molar-refractivity contribution in [3.63, 3.8) is 0 Å². The minimum absolute atomic E-state index is 0.0745. The van der Waals surface area contributed by atoms with E-state index in [2.05, 4.69) is 16.6 Å². The summed E-state index contributed by atoms with van der Waals surface area (Å²) < 4.78 is 27.1. The summed E-state index contributed by atoms with van der Waals surface area (Å²) in [4.78, 5) is 14.0. The van der Waals surface area contributed by atoms with E-state index in [0.717, 1.165) is 25.0 Å². The molecule has 1 fully saturated rings. The Morgan fingerprint density at radius 3 is 2.95 bits per heavy atom. The second-order valence-electron chi connectivity index (χ2n) is 4.53. The molecule has 7 heteroatoms. The van der Waals surface area contributed by atoms with Gasteiger partial charge >= 0.3 is 0 Å². The fraction of sp³-hybridized carbons (Fsp3) is 0.583. The Balaban J connectivity index is 2.18. The van der Waals surface area contributed by atoms with Gasteiger partial charge in [0.15, 0.2) is 0 Å². The minimum Gasteiger partial charge on any atom is -0.366 e. The summed E-state index contributed by atoms with van der Waals surface area (Å²) in [7, 11) is -3.73. The first-order chi connectivity index (χ1) is 9.04. The molecule has 0 radical (unpaired) electrons. The van der Waals surface area contributed by atoms with E-state index in [0.29, 0.717) is 5.25 Å². The highest BCUT2D eigenvalue weighted by atomic mass is 32.2. The number of hydrogen-bond donors (Lipinski definition) is 2. The summed E-state index contributed by atoms with van der Waals surface area (Å²) in [6.07, 6.45) is 5.54. The summed E-state index contributed by atoms with van der Waals surface area (Å²) in [5, 5.41) is 0.308. The SMILES string of the molecule is CCSC1CCCC1NS(=O)(=O)c1c[nH]ccc1=O. The van der Waals surface area contributed by atoms with Gasteiger partial charge in [0.2, 0.25) is 15.5 Å². The topological polar surface area (TPSA) is 79.0 Å². The van der Waals surface area contributed by atoms with E-state index in [-0.39, 0.29) is 10.9 Å². The molecule has 0 spiro atoms. The molecule has 0 bridgehead atoms. The number of rotatable bonds is 5. The molecular weight excluding hydrogens is 284 g/mol. The van der Waals surface area contributed by atoms with Crippen molar-refractivity contribution in [2.24, 2.45) is 0 Å². The van der Waals surface area contributed by atoms with Crippen LogP contribution in [0.2, 0.25) is 0 Å². The van der Waals surface area contributed by atoms with Crippen molar-refractivity contribution in [3.8, 4) is 0 Å². The van der Waals surface area contributed by atoms with Gasteiger partial charge in [-0.1, -0.05) is 13.3 Å². The van der Waals surface area contributed by atoms with Crippen LogP contribution in [-0.2, 0) is 10.0 Å². The predicted octanol–water partition coefficient (Wildman–Crippen LogP) is 1.33. The molecule has 1 aromatic heterocycles. The number of hydrogen-bond acceptors (Lipinski definition) is 4. The third-order valence-corrected chi connectivity index (χ3v) is 6.05. The summed E-state index contributed by atoms with van der Waals surface area (Å²) in [5.41, 5.74) is -0.482. The average molecular weight is 302 g/mol. The van der Waals surface area contributed by atoms with Gasteiger partial charge in [-0.3, -0.25) is 4.79 Å². The van der Waals surface area contributed by atoms with E-state index < -0.39 is 15.5 Å². The maximum atomic E-state index is 12.2. The minimum atomic E-state index is -3.73. The highest BCUT2D eigenvalue weighted by molar-refractivity contribution is 8.00. The van der Waals surface area contributed by atoms with Crippen molar-refractivity contribution in [1.29, 1.82) is 0 Å². The molecule has 1 aliphatic rings. The molecule has 106 valence electrons. The highest BCUT2D eigenvalue weighted by Crippen LogP contribution is 2.30. The lowest BCUT2D eigenvalue weighted by Crippen LogP contribution is -2.40. The fourth-order valence-electron chi connectivity index (χ4n) is 2.35. The Morgan fingerprint density at radius 2 is 2.26 bits per heavy atom. The number of aromatic amines is 1. The summed E-state index contributed by atoms with van der Waals surface area (Å²) in [6, 6.07) is 1.15. The van der Waals surface area contributed by atoms with Gasteiger partial charge in [-0.05, 0) is 18.6 Å². The Kier molecular flexibility index (Phi) is 4.70. The smallest absolute Gasteiger partial charge is 0.246 e. The van der Waals surface area contributed by atoms with E-state index in [1.807, 2.05) is 0 Å². The van der Waals surface area contributed by atoms with Gasteiger partial charge < -0.3 is 4.98 Å². The van der Waals surface area contributed by atoms with Gasteiger partial charge in [-0.15, -0.1) is 0 Å². The van der Waals surface area contributed by atoms with Crippen molar-refractivity contribution in [1.82, 2.24) is 9.71 Å². The molecule has 0 amide bonds. The average Bonchev–Trinajstić information content (AvgIpc) is 2.77. The van der Waals surface area contributed by atoms with Crippen LogP contribution in [-0.4, -0.2) is 30.4 Å². The molecule has 2 atom stereocenters. The first-order valence-electron chi connectivity index (χ1n) is 6.35. The van der Waals surface area contributed by atoms with Crippen LogP contribution in [0.25, 0.3) is 0 Å². The molecule has 2 N–H and O–H groups in total. The summed E-state index contributed by atoms with van der Waals surface area (Å²) in [5.74, 6) is 0.967. The first kappa shape index (κ1) is 14.6. The summed E-state index contributed by atoms with van der Waals surface area (Å²) >= 11 is 1.77. The Bertz CT molecular complexity index is 583. The van der Waals surface area contributed by atoms with Crippen LogP contribution in [0.4, 0.5) is 0 Å². The molecule has 1 heterocycles. The summed E-state index contributed by atoms with van der Waals surface area (Å²) in [6.45, 7) is 2.07. The van der Waals surface area contributed by atoms with E-state index in [9.17, 15) is 13.2 Å². The largest absolute Gasteiger partial charge is 0.366 e. The van der Waals surface area contributed by atoms with Crippen molar-refractivity contribution in [2.75, 3.05) is 5.75 Å². The second kappa shape index (κ2) is 6.11. The van der Waals surface area contributed by atoms with Gasteiger partial charge in [0, 0.05) is 29.8 Å². The Hall–Kier alpha value is -0.790. The predicted molar refractivity (Wildman–Crippen MR) is 76.9 cm³/mol. The van der Waals surface area contributed by atoms with Crippen LogP contribution in [0.5, 0.6) is 0 Å². The van der Waals surface area contributed by atoms with Gasteiger partial charge in [0.25, 0.3) is 0 Å². The van der Waals surface area contributed by atoms with Gasteiger partial charge in [0.05, 0.1) is 0 Å². The van der Waals surface area contributed by atoms with Crippen LogP contribution < -0.4 is 10.2 Å². The number of aromatic nitrogens is 1. The standard InChI is InChI=1S/C12H18N2O3S2/c1-2-18-11-5-3-4-9(11)14-19(16,17)12-8-13-7-6-10(12)15/h6-9,11,14H,2-5H2,1H3,(H,13,15). The number of H-pyrrole nitrogens is 1. The molecule has 0 saturated heterocycles. The third kappa shape index (κ3) is 3.40. The lowest BCUT2D eigenvalue weighted by atomic mass is 10.3. The normalized spacial score (nSPS) is 23.6. The number of pyridine rings is 1. The van der Waals surface area contributed by atoms with Gasteiger partial charge in [-0.25, -0.2) is 13.1 Å². The van der Waals surface area contributed by atoms with Gasteiger partial charge in [-0.2, -0.15) is 11.8 Å². The molecular formula is C12H18N2O3S2. The molecule has 5 nitrogen and oxygen atoms in total. The molecule has 1 aromatic rings. The van der Waals surface area contributed by atoms with Gasteiger partial charge in [0.1, 0.15) is 4.90 Å². The molecule has 1 saturated carbocycles. The third-order valence-electron chi connectivity index (χ3n) is 3.22. The lowest BCUT2D eigenvalue weighted by Gasteiger charge is -2.19. The van der Waals surface area contributed by atoms with E-state index in [1.165, 1.54) is 18.5 Å². The van der Waals surface area contributed by atoms with E-state index >= 15 is 0 Å². The van der Waals surface area contributed by atoms with Crippen LogP contribution in [0.15, 0.2) is 28.2 Å². The van der Waals surface area contributed by atoms with Crippen molar-refractivity contribution in [2.45, 2.75) is 42.4 Å². The maximum absolute atomic E-state index is 12.2. The molecule has 2 unspecified atom stereocenters. The molecule has 0 aromatic carbocycles. The zero-order chi connectivity index (χ0) is 13.9. The zero-order valence-electron chi connectivity index (χ0n) is 10.8. The lowest BCUT2D eigenvalue weighted by molar-refractivity contribution is 0.554. The molecule has 19 heavy (non-hydrogen) atoms. The molecule has 2 rings (SSSR count). The Labute approximate surface area is 117 Å².